The Balaban J connectivity index is 0.000000119. The molecule has 0 unspecified atom stereocenters. The number of aromatic nitrogens is 12. The minimum absolute atomic E-state index is 0.170. The third kappa shape index (κ3) is 15.7. The van der Waals surface area contributed by atoms with Crippen molar-refractivity contribution in [1.29, 1.82) is 0 Å². The van der Waals surface area contributed by atoms with Crippen molar-refractivity contribution in [3.63, 3.8) is 0 Å². The summed E-state index contributed by atoms with van der Waals surface area (Å²) < 4.78 is 12.0. The largest absolute Gasteiger partial charge is 0.444 e. The Morgan fingerprint density at radius 1 is 0.395 bits per heavy atom. The normalized spacial score (nSPS) is 20.1. The van der Waals surface area contributed by atoms with Gasteiger partial charge in [0.05, 0.1) is 45.0 Å². The Bertz CT molecular complexity index is 6270. The number of amides is 2. The number of imidazole rings is 3. The van der Waals surface area contributed by atoms with Gasteiger partial charge in [-0.3, -0.25) is 32.7 Å². The first-order chi connectivity index (χ1) is 57.9. The fourth-order valence-corrected chi connectivity index (χ4v) is 18.7. The van der Waals surface area contributed by atoms with Crippen LogP contribution in [-0.2, 0) is 9.53 Å². The van der Waals surface area contributed by atoms with E-state index in [9.17, 15) is 9.59 Å². The molecule has 2 N–H and O–H groups in total. The Hall–Kier alpha value is -11.6. The van der Waals surface area contributed by atoms with E-state index in [4.69, 9.17) is 63.6 Å². The number of hydrogen-bond acceptors (Lipinski definition) is 17. The first kappa shape index (κ1) is 77.3. The summed E-state index contributed by atoms with van der Waals surface area (Å²) in [5.41, 5.74) is 23.0. The zero-order chi connectivity index (χ0) is 81.2. The van der Waals surface area contributed by atoms with Crippen molar-refractivity contribution in [1.82, 2.24) is 87.5 Å². The Labute approximate surface area is 701 Å². The highest BCUT2D eigenvalue weighted by Gasteiger charge is 2.43. The van der Waals surface area contributed by atoms with Crippen LogP contribution in [0.4, 0.5) is 10.6 Å². The maximum Gasteiger partial charge on any atom is 0.410 e. The number of ether oxygens (including phenoxy) is 1. The molecule has 0 bridgehead atoms. The van der Waals surface area contributed by atoms with Gasteiger partial charge in [-0.05, 0) is 103 Å². The number of anilines is 1. The van der Waals surface area contributed by atoms with Gasteiger partial charge in [-0.25, -0.2) is 49.7 Å². The molecule has 12 heterocycles. The molecule has 0 atom stereocenters. The summed E-state index contributed by atoms with van der Waals surface area (Å²) in [6.07, 6.45) is 17.4. The topological polar surface area (TPSA) is 218 Å². The van der Waals surface area contributed by atoms with Gasteiger partial charge in [0.2, 0.25) is 5.91 Å². The average Bonchev–Trinajstić information content (AvgIpc) is 1.61. The average molecular weight is 1620 g/mol. The molecule has 3 aliphatic heterocycles. The van der Waals surface area contributed by atoms with Gasteiger partial charge in [-0.2, -0.15) is 0 Å². The zero-order valence-corrected chi connectivity index (χ0v) is 69.1. The smallest absolute Gasteiger partial charge is 0.410 e. The van der Waals surface area contributed by atoms with Gasteiger partial charge in [0.25, 0.3) is 0 Å². The number of halogens is 2. The maximum absolute atomic E-state index is 12.5. The van der Waals surface area contributed by atoms with Crippen LogP contribution in [0.5, 0.6) is 0 Å². The van der Waals surface area contributed by atoms with E-state index in [1.165, 1.54) is 0 Å². The number of piperazine rings is 3. The van der Waals surface area contributed by atoms with E-state index in [2.05, 4.69) is 182 Å². The molecule has 9 aromatic heterocycles. The number of carbonyl (C=O) groups is 2. The molecule has 2 amide bonds. The molecule has 6 aliphatic rings. The van der Waals surface area contributed by atoms with Gasteiger partial charge in [0.1, 0.15) is 51.1 Å². The van der Waals surface area contributed by atoms with E-state index in [1.54, 1.807) is 25.5 Å². The number of likely N-dealkylation sites (N-methyl/N-ethyl adjacent to an activating group) is 1. The number of hydrogen-bond donors (Lipinski definition) is 1. The maximum atomic E-state index is 12.5. The van der Waals surface area contributed by atoms with Gasteiger partial charge in [0.15, 0.2) is 10.3 Å². The van der Waals surface area contributed by atoms with Crippen molar-refractivity contribution in [2.75, 3.05) is 91.3 Å². The van der Waals surface area contributed by atoms with Crippen LogP contribution in [0.1, 0.15) is 101 Å². The highest BCUT2D eigenvalue weighted by atomic mass is 35.5. The van der Waals surface area contributed by atoms with Gasteiger partial charge in [-0.15, -0.1) is 0 Å². The molecule has 602 valence electrons. The van der Waals surface area contributed by atoms with Crippen LogP contribution in [0.15, 0.2) is 219 Å². The summed E-state index contributed by atoms with van der Waals surface area (Å²) in [4.78, 5) is 81.8. The molecule has 0 radical (unpaired) electrons. The fraction of sp³-hybridized carbons (Fsp3) is 0.316. The Morgan fingerprint density at radius 2 is 0.723 bits per heavy atom. The van der Waals surface area contributed by atoms with E-state index < -0.39 is 5.60 Å². The highest BCUT2D eigenvalue weighted by Crippen LogP contribution is 2.47. The molecule has 6 fully saturated rings. The van der Waals surface area contributed by atoms with Crippen molar-refractivity contribution in [3.8, 4) is 67.5 Å². The van der Waals surface area contributed by atoms with E-state index in [1.807, 2.05) is 104 Å². The van der Waals surface area contributed by atoms with E-state index in [-0.39, 0.29) is 12.0 Å². The van der Waals surface area contributed by atoms with Crippen molar-refractivity contribution < 1.29 is 14.3 Å². The predicted molar refractivity (Wildman–Crippen MR) is 471 cm³/mol. The molecule has 15 aromatic rings. The number of fused-ring (bicyclic) bond motifs is 6. The second-order valence-electron chi connectivity index (χ2n) is 33.6. The van der Waals surface area contributed by atoms with Crippen LogP contribution in [0.2, 0.25) is 10.3 Å². The van der Waals surface area contributed by atoms with Crippen molar-refractivity contribution in [2.45, 2.75) is 108 Å². The summed E-state index contributed by atoms with van der Waals surface area (Å²) in [6.45, 7) is 18.6. The molecule has 22 nitrogen and oxygen atoms in total. The summed E-state index contributed by atoms with van der Waals surface area (Å²) in [5, 5.41) is 4.15. The first-order valence-corrected chi connectivity index (χ1v) is 42.4. The van der Waals surface area contributed by atoms with E-state index >= 15 is 0 Å². The SMILES string of the molecule is CC(=O)N1CCN(C2CC(c3nc(-c4ccc5ccc(-c6ccccc6)nc5c4)c4c(Cl)nccn34)C2)CC1.CC(C)(C)OC(=O)N1CCN(C2CC(c3nc(-c4ccc5ccc(-c6ccccc6)nc5c4)c4c(Cl)nccn34)C2)CC1.CN1CCN(C2CC(c3nc(-c4ccc5ccc(-c6ccccc6)nc5c4)c4c(N)nccn34)C2)CC1. The monoisotopic (exact) mass is 1620 g/mol. The molecular formula is C95H95Cl2N19O3. The third-order valence-electron chi connectivity index (χ3n) is 25.0. The van der Waals surface area contributed by atoms with Crippen LogP contribution in [0, 0.1) is 0 Å². The van der Waals surface area contributed by atoms with Crippen LogP contribution >= 0.6 is 23.2 Å². The van der Waals surface area contributed by atoms with Crippen molar-refractivity contribution in [2.24, 2.45) is 0 Å². The van der Waals surface area contributed by atoms with Gasteiger partial charge in [-0.1, -0.05) is 169 Å². The molecule has 21 rings (SSSR count). The van der Waals surface area contributed by atoms with Crippen molar-refractivity contribution in [3.05, 3.63) is 247 Å². The van der Waals surface area contributed by atoms with Crippen LogP contribution in [-0.4, -0.2) is 209 Å². The molecule has 119 heavy (non-hydrogen) atoms. The van der Waals surface area contributed by atoms with Crippen LogP contribution in [0.25, 0.3) is 117 Å². The number of pyridine rings is 3. The molecular weight excluding hydrogens is 1530 g/mol. The third-order valence-corrected chi connectivity index (χ3v) is 25.6. The predicted octanol–water partition coefficient (Wildman–Crippen LogP) is 17.4. The summed E-state index contributed by atoms with van der Waals surface area (Å²) in [7, 11) is 2.21. The zero-order valence-electron chi connectivity index (χ0n) is 67.6. The van der Waals surface area contributed by atoms with E-state index in [0.29, 0.717) is 65.1 Å². The van der Waals surface area contributed by atoms with E-state index in [0.717, 1.165) is 238 Å². The summed E-state index contributed by atoms with van der Waals surface area (Å²) in [6, 6.07) is 63.9. The molecule has 3 saturated carbocycles. The minimum atomic E-state index is -0.478. The van der Waals surface area contributed by atoms with Crippen molar-refractivity contribution >= 4 is 90.3 Å². The quantitative estimate of drug-likeness (QED) is 0.120. The second-order valence-corrected chi connectivity index (χ2v) is 34.3. The standard InChI is InChI=1S/C34H35ClN6O2.C31H29ClN6O.C30H31N7/c1-34(2,3)43-33(42)40-17-15-39(16-18-40)26-19-25(20-26)32-38-29(30-31(35)36-13-14-41(30)32)24-10-9-23-11-12-27(37-28(23)21-24)22-7-5-4-6-8-22;1-20(39)36-13-15-37(16-14-36)25-17-24(18-25)31-35-28(29-30(32)33-11-12-38(29)31)23-8-7-22-9-10-26(34-27(22)19-23)21-5-3-2-4-6-21;1-35-13-15-36(16-14-35)24-17-23(18-24)30-34-27(28-29(31)32-11-12-37(28)30)22-8-7-21-9-10-25(33-26(21)19-22)20-5-3-2-4-6-20/h4-14,21,25-26H,15-20H2,1-3H3;2-12,19,24-25H,13-18H2,1H3;2-12,19,23-24H,13-18H2,1H3,(H2,31,32). The number of nitrogens with two attached hydrogens (primary N) is 1. The lowest BCUT2D eigenvalue weighted by Crippen LogP contribution is -2.55. The summed E-state index contributed by atoms with van der Waals surface area (Å²) in [5.74, 6) is 4.92. The number of carbonyl (C=O) groups excluding carboxylic acids is 2. The first-order valence-electron chi connectivity index (χ1n) is 41.6. The summed E-state index contributed by atoms with van der Waals surface area (Å²) >= 11 is 13.4. The lowest BCUT2D eigenvalue weighted by molar-refractivity contribution is -0.131. The van der Waals surface area contributed by atoms with Crippen LogP contribution in [0.3, 0.4) is 0 Å². The lowest BCUT2D eigenvalue weighted by Gasteiger charge is -2.46. The molecule has 0 spiro atoms. The molecule has 6 aromatic carbocycles. The molecule has 3 aliphatic carbocycles. The number of nitrogens with zero attached hydrogens (tertiary/aromatic N) is 18. The number of benzene rings is 6. The van der Waals surface area contributed by atoms with Gasteiger partial charge >= 0.3 is 6.09 Å². The number of nitrogen functional groups attached to an aromatic ring is 1. The van der Waals surface area contributed by atoms with Crippen LogP contribution < -0.4 is 5.73 Å². The lowest BCUT2D eigenvalue weighted by atomic mass is 9.78. The van der Waals surface area contributed by atoms with Gasteiger partial charge in [0, 0.05) is 208 Å². The molecule has 3 saturated heterocycles. The highest BCUT2D eigenvalue weighted by molar-refractivity contribution is 6.33. The second kappa shape index (κ2) is 32.6. The Kier molecular flexibility index (Phi) is 21.2. The number of rotatable bonds is 12. The Morgan fingerprint density at radius 3 is 1.08 bits per heavy atom. The molecule has 24 heteroatoms. The van der Waals surface area contributed by atoms with Gasteiger partial charge < -0.3 is 25.2 Å². The minimum Gasteiger partial charge on any atom is -0.444 e. The fourth-order valence-electron chi connectivity index (χ4n) is 18.2.